The minimum Gasteiger partial charge on any atom is -0.489 e. The average molecular weight is 442 g/mol. The lowest BCUT2D eigenvalue weighted by atomic mass is 10.0. The first-order chi connectivity index (χ1) is 15.2. The average Bonchev–Trinajstić information content (AvgIpc) is 3.31. The van der Waals surface area contributed by atoms with E-state index in [4.69, 9.17) is 9.47 Å². The molecule has 0 saturated heterocycles. The number of benzene rings is 1. The summed E-state index contributed by atoms with van der Waals surface area (Å²) in [6.45, 7) is 7.81. The van der Waals surface area contributed by atoms with E-state index in [0.29, 0.717) is 31.0 Å². The molecule has 3 aromatic rings. The Morgan fingerprint density at radius 2 is 2.19 bits per heavy atom. The zero-order valence-electron chi connectivity index (χ0n) is 18.7. The normalized spacial score (nSPS) is 16.3. The van der Waals surface area contributed by atoms with Gasteiger partial charge in [-0.1, -0.05) is 0 Å². The summed E-state index contributed by atoms with van der Waals surface area (Å²) in [6, 6.07) is 6.42. The van der Waals surface area contributed by atoms with Gasteiger partial charge in [0.05, 0.1) is 12.2 Å². The Morgan fingerprint density at radius 1 is 1.38 bits per heavy atom. The van der Waals surface area contributed by atoms with Crippen LogP contribution in [0, 0.1) is 5.82 Å². The van der Waals surface area contributed by atoms with E-state index < -0.39 is 11.7 Å². The van der Waals surface area contributed by atoms with Crippen molar-refractivity contribution < 1.29 is 18.7 Å². The van der Waals surface area contributed by atoms with E-state index >= 15 is 0 Å². The molecule has 1 aliphatic heterocycles. The maximum absolute atomic E-state index is 14.3. The molecule has 3 heterocycles. The third-order valence-corrected chi connectivity index (χ3v) is 5.11. The van der Waals surface area contributed by atoms with Crippen molar-refractivity contribution in [1.29, 1.82) is 0 Å². The smallest absolute Gasteiger partial charge is 0.407 e. The summed E-state index contributed by atoms with van der Waals surface area (Å²) < 4.78 is 27.4. The van der Waals surface area contributed by atoms with Gasteiger partial charge < -0.3 is 20.1 Å². The molecule has 2 atom stereocenters. The van der Waals surface area contributed by atoms with Crippen molar-refractivity contribution in [3.05, 3.63) is 53.6 Å². The fourth-order valence-electron chi connectivity index (χ4n) is 3.75. The van der Waals surface area contributed by atoms with Gasteiger partial charge in [0.2, 0.25) is 0 Å². The molecule has 1 aromatic carbocycles. The summed E-state index contributed by atoms with van der Waals surface area (Å²) in [4.78, 5) is 16.4. The first-order valence-corrected chi connectivity index (χ1v) is 10.7. The number of anilines is 1. The molecule has 2 unspecified atom stereocenters. The quantitative estimate of drug-likeness (QED) is 0.594. The Labute approximate surface area is 186 Å². The molecule has 0 spiro atoms. The van der Waals surface area contributed by atoms with Gasteiger partial charge in [0.25, 0.3) is 0 Å². The van der Waals surface area contributed by atoms with Crippen molar-refractivity contribution in [1.82, 2.24) is 19.9 Å². The third kappa shape index (κ3) is 5.09. The zero-order valence-corrected chi connectivity index (χ0v) is 18.7. The number of ether oxygens (including phenoxy) is 2. The number of hydrogen-bond donors (Lipinski definition) is 2. The van der Waals surface area contributed by atoms with Crippen LogP contribution in [-0.2, 0) is 11.2 Å². The van der Waals surface area contributed by atoms with Crippen molar-refractivity contribution >= 4 is 17.6 Å². The van der Waals surface area contributed by atoms with Gasteiger partial charge in [0.15, 0.2) is 5.65 Å². The Kier molecular flexibility index (Phi) is 5.90. The number of halogens is 1. The van der Waals surface area contributed by atoms with Crippen LogP contribution in [0.25, 0.3) is 5.65 Å². The number of nitrogens with one attached hydrogen (secondary N) is 2. The number of fused-ring (bicyclic) bond motifs is 2. The van der Waals surface area contributed by atoms with Crippen molar-refractivity contribution in [2.24, 2.45) is 0 Å². The minimum atomic E-state index is -0.544. The summed E-state index contributed by atoms with van der Waals surface area (Å²) in [6.07, 6.45) is 4.08. The lowest BCUT2D eigenvalue weighted by molar-refractivity contribution is 0.0522. The summed E-state index contributed by atoms with van der Waals surface area (Å²) in [7, 11) is 0. The largest absolute Gasteiger partial charge is 0.489 e. The van der Waals surface area contributed by atoms with Gasteiger partial charge in [0, 0.05) is 42.8 Å². The molecule has 8 nitrogen and oxygen atoms in total. The number of amides is 1. The molecule has 0 bridgehead atoms. The lowest BCUT2D eigenvalue weighted by Crippen LogP contribution is -2.34. The first kappa shape index (κ1) is 21.9. The van der Waals surface area contributed by atoms with Crippen LogP contribution < -0.4 is 15.4 Å². The third-order valence-electron chi connectivity index (χ3n) is 5.11. The number of hydrogen-bond acceptors (Lipinski definition) is 6. The van der Waals surface area contributed by atoms with Crippen LogP contribution in [0.2, 0.25) is 0 Å². The van der Waals surface area contributed by atoms with Crippen LogP contribution in [0.15, 0.2) is 36.7 Å². The lowest BCUT2D eigenvalue weighted by Gasteiger charge is -2.20. The molecule has 2 aromatic heterocycles. The number of aromatic nitrogens is 3. The topological polar surface area (TPSA) is 89.8 Å². The van der Waals surface area contributed by atoms with Gasteiger partial charge >= 0.3 is 6.09 Å². The van der Waals surface area contributed by atoms with E-state index in [2.05, 4.69) is 20.7 Å². The van der Waals surface area contributed by atoms with Crippen LogP contribution in [-0.4, -0.2) is 38.9 Å². The first-order valence-electron chi connectivity index (χ1n) is 10.7. The Balaban J connectivity index is 1.40. The van der Waals surface area contributed by atoms with Gasteiger partial charge in [-0.2, -0.15) is 5.10 Å². The number of rotatable bonds is 6. The van der Waals surface area contributed by atoms with E-state index in [9.17, 15) is 9.18 Å². The fourth-order valence-corrected chi connectivity index (χ4v) is 3.75. The van der Waals surface area contributed by atoms with E-state index in [-0.39, 0.29) is 18.0 Å². The zero-order chi connectivity index (χ0) is 22.9. The maximum Gasteiger partial charge on any atom is 0.407 e. The highest BCUT2D eigenvalue weighted by Crippen LogP contribution is 2.38. The summed E-state index contributed by atoms with van der Waals surface area (Å²) in [5.41, 5.74) is 1.74. The molecule has 4 rings (SSSR count). The molecule has 9 heteroatoms. The van der Waals surface area contributed by atoms with Gasteiger partial charge in [0.1, 0.15) is 29.1 Å². The molecule has 0 aliphatic carbocycles. The molecule has 2 N–H and O–H groups in total. The Bertz CT molecular complexity index is 1120. The molecule has 170 valence electrons. The van der Waals surface area contributed by atoms with Crippen molar-refractivity contribution in [3.63, 3.8) is 0 Å². The van der Waals surface area contributed by atoms with E-state index in [1.807, 2.05) is 46.0 Å². The van der Waals surface area contributed by atoms with Gasteiger partial charge in [-0.25, -0.2) is 18.7 Å². The van der Waals surface area contributed by atoms with Crippen LogP contribution in [0.1, 0.15) is 51.3 Å². The second kappa shape index (κ2) is 8.64. The molecule has 32 heavy (non-hydrogen) atoms. The predicted molar refractivity (Wildman–Crippen MR) is 118 cm³/mol. The molecule has 1 amide bonds. The molecular weight excluding hydrogens is 413 g/mol. The SMILES string of the molecule is CC(Nc1ccn2nccc2n1)c1cc(F)cc2c1OC(CCNC(=O)OC(C)(C)C)C2. The fraction of sp³-hybridized carbons (Fsp3) is 0.435. The Hall–Kier alpha value is -3.36. The molecule has 0 saturated carbocycles. The number of carbonyl (C=O) groups excluding carboxylic acids is 1. The monoisotopic (exact) mass is 441 g/mol. The van der Waals surface area contributed by atoms with Crippen molar-refractivity contribution in [3.8, 4) is 5.75 Å². The van der Waals surface area contributed by atoms with Crippen LogP contribution in [0.4, 0.5) is 15.0 Å². The minimum absolute atomic E-state index is 0.144. The Morgan fingerprint density at radius 3 is 2.97 bits per heavy atom. The van der Waals surface area contributed by atoms with Gasteiger partial charge in [-0.05, 0) is 45.9 Å². The second-order valence-corrected chi connectivity index (χ2v) is 8.96. The maximum atomic E-state index is 14.3. The second-order valence-electron chi connectivity index (χ2n) is 8.96. The molecule has 0 fully saturated rings. The highest BCUT2D eigenvalue weighted by Gasteiger charge is 2.28. The summed E-state index contributed by atoms with van der Waals surface area (Å²) in [5.74, 6) is 1.06. The molecule has 0 radical (unpaired) electrons. The van der Waals surface area contributed by atoms with Gasteiger partial charge in [-0.3, -0.25) is 0 Å². The van der Waals surface area contributed by atoms with E-state index in [0.717, 1.165) is 16.8 Å². The molecular formula is C23H28FN5O3. The highest BCUT2D eigenvalue weighted by atomic mass is 19.1. The van der Waals surface area contributed by atoms with Gasteiger partial charge in [-0.15, -0.1) is 0 Å². The standard InChI is InChI=1S/C23H28FN5O3/c1-14(27-19-7-10-29-20(28-19)6-9-26-29)18-13-16(24)11-15-12-17(31-21(15)18)5-8-25-22(30)32-23(2,3)4/h6-7,9-11,13-14,17H,5,8,12H2,1-4H3,(H,25,30)(H,27,28). The van der Waals surface area contributed by atoms with Crippen molar-refractivity contribution in [2.75, 3.05) is 11.9 Å². The number of carbonyl (C=O) groups is 1. The van der Waals surface area contributed by atoms with Crippen LogP contribution in [0.5, 0.6) is 5.75 Å². The van der Waals surface area contributed by atoms with Crippen LogP contribution >= 0.6 is 0 Å². The predicted octanol–water partition coefficient (Wildman–Crippen LogP) is 4.26. The summed E-state index contributed by atoms with van der Waals surface area (Å²) >= 11 is 0. The number of nitrogens with zero attached hydrogens (tertiary/aromatic N) is 3. The highest BCUT2D eigenvalue weighted by molar-refractivity contribution is 5.67. The van der Waals surface area contributed by atoms with Crippen molar-refractivity contribution in [2.45, 2.75) is 58.3 Å². The number of alkyl carbamates (subject to hydrolysis) is 1. The van der Waals surface area contributed by atoms with E-state index in [1.165, 1.54) is 12.1 Å². The molecule has 1 aliphatic rings. The van der Waals surface area contributed by atoms with Crippen LogP contribution in [0.3, 0.4) is 0 Å². The summed E-state index contributed by atoms with van der Waals surface area (Å²) in [5, 5.41) is 10.2. The van der Waals surface area contributed by atoms with E-state index in [1.54, 1.807) is 10.7 Å².